The Balaban J connectivity index is 1.63. The summed E-state index contributed by atoms with van der Waals surface area (Å²) in [5.41, 5.74) is 1.85. The lowest BCUT2D eigenvalue weighted by molar-refractivity contribution is -0.384. The van der Waals surface area contributed by atoms with Crippen molar-refractivity contribution in [3.63, 3.8) is 0 Å². The second-order valence-corrected chi connectivity index (χ2v) is 9.07. The van der Waals surface area contributed by atoms with E-state index in [1.165, 1.54) is 29.5 Å². The number of thiazole rings is 1. The van der Waals surface area contributed by atoms with Crippen LogP contribution in [0, 0.1) is 17.0 Å². The van der Waals surface area contributed by atoms with E-state index in [9.17, 15) is 14.9 Å². The maximum atomic E-state index is 13.5. The third-order valence-corrected chi connectivity index (χ3v) is 6.73. The van der Waals surface area contributed by atoms with Gasteiger partial charge in [-0.2, -0.15) is 0 Å². The van der Waals surface area contributed by atoms with E-state index in [-0.39, 0.29) is 16.3 Å². The number of rotatable bonds is 7. The van der Waals surface area contributed by atoms with Crippen molar-refractivity contribution in [3.8, 4) is 0 Å². The van der Waals surface area contributed by atoms with Gasteiger partial charge in [0.05, 0.1) is 38.9 Å². The normalized spacial score (nSPS) is 14.6. The lowest BCUT2D eigenvalue weighted by atomic mass is 10.1. The van der Waals surface area contributed by atoms with Crippen LogP contribution in [0.15, 0.2) is 36.4 Å². The van der Waals surface area contributed by atoms with Gasteiger partial charge in [-0.3, -0.25) is 24.7 Å². The molecule has 168 valence electrons. The number of morpholine rings is 1. The number of benzene rings is 2. The molecule has 1 aliphatic rings. The number of aromatic nitrogens is 1. The lowest BCUT2D eigenvalue weighted by Gasteiger charge is -2.27. The van der Waals surface area contributed by atoms with Crippen molar-refractivity contribution in [2.24, 2.45) is 0 Å². The van der Waals surface area contributed by atoms with E-state index in [2.05, 4.69) is 9.88 Å². The molecule has 1 fully saturated rings. The Morgan fingerprint density at radius 1 is 1.28 bits per heavy atom. The molecule has 8 nitrogen and oxygen atoms in total. The summed E-state index contributed by atoms with van der Waals surface area (Å²) in [4.78, 5) is 32.8. The highest BCUT2D eigenvalue weighted by atomic mass is 35.5. The average molecular weight is 475 g/mol. The summed E-state index contributed by atoms with van der Waals surface area (Å²) in [6.45, 7) is 6.41. The summed E-state index contributed by atoms with van der Waals surface area (Å²) in [5.74, 6) is -0.392. The maximum absolute atomic E-state index is 13.5. The average Bonchev–Trinajstić information content (AvgIpc) is 3.20. The highest BCUT2D eigenvalue weighted by Crippen LogP contribution is 2.32. The molecule has 32 heavy (non-hydrogen) atoms. The van der Waals surface area contributed by atoms with Crippen LogP contribution in [-0.4, -0.2) is 60.1 Å². The second kappa shape index (κ2) is 9.91. The minimum absolute atomic E-state index is 0.0997. The van der Waals surface area contributed by atoms with Crippen LogP contribution in [0.2, 0.25) is 5.02 Å². The van der Waals surface area contributed by atoms with E-state index in [4.69, 9.17) is 16.3 Å². The number of aryl methyl sites for hydroxylation is 1. The molecular formula is C22H23ClN4O4S. The fourth-order valence-electron chi connectivity index (χ4n) is 3.63. The summed E-state index contributed by atoms with van der Waals surface area (Å²) in [5, 5.41) is 12.0. The topological polar surface area (TPSA) is 88.8 Å². The number of nitro groups is 1. The van der Waals surface area contributed by atoms with Gasteiger partial charge < -0.3 is 4.74 Å². The highest BCUT2D eigenvalue weighted by molar-refractivity contribution is 7.22. The molecule has 0 N–H and O–H groups in total. The number of non-ortho nitro benzene ring substituents is 1. The van der Waals surface area contributed by atoms with Crippen LogP contribution in [0.5, 0.6) is 0 Å². The monoisotopic (exact) mass is 474 g/mol. The van der Waals surface area contributed by atoms with Gasteiger partial charge in [0.25, 0.3) is 11.6 Å². The SMILES string of the molecule is Cc1ccc2nc(N(CCCN3CCOCC3)C(=O)c3cc([N+](=O)[O-])ccc3Cl)sc2c1. The molecule has 1 aromatic heterocycles. The summed E-state index contributed by atoms with van der Waals surface area (Å²) < 4.78 is 6.38. The van der Waals surface area contributed by atoms with Gasteiger partial charge in [-0.05, 0) is 37.1 Å². The van der Waals surface area contributed by atoms with E-state index < -0.39 is 10.8 Å². The number of carbonyl (C=O) groups excluding carboxylic acids is 1. The zero-order valence-electron chi connectivity index (χ0n) is 17.6. The van der Waals surface area contributed by atoms with E-state index in [1.54, 1.807) is 4.90 Å². The van der Waals surface area contributed by atoms with Crippen LogP contribution in [0.25, 0.3) is 10.2 Å². The van der Waals surface area contributed by atoms with Gasteiger partial charge in [0.15, 0.2) is 5.13 Å². The van der Waals surface area contributed by atoms with Crippen LogP contribution < -0.4 is 4.90 Å². The minimum Gasteiger partial charge on any atom is -0.379 e. The first-order chi connectivity index (χ1) is 15.4. The molecule has 1 aliphatic heterocycles. The number of nitrogens with zero attached hydrogens (tertiary/aromatic N) is 4. The van der Waals surface area contributed by atoms with Gasteiger partial charge in [-0.15, -0.1) is 0 Å². The lowest BCUT2D eigenvalue weighted by Crippen LogP contribution is -2.39. The molecule has 2 heterocycles. The van der Waals surface area contributed by atoms with Gasteiger partial charge in [0.1, 0.15) is 0 Å². The predicted octanol–water partition coefficient (Wildman–Crippen LogP) is 4.54. The van der Waals surface area contributed by atoms with Crippen molar-refractivity contribution in [2.75, 3.05) is 44.3 Å². The Labute approximate surface area is 194 Å². The predicted molar refractivity (Wildman–Crippen MR) is 126 cm³/mol. The zero-order valence-corrected chi connectivity index (χ0v) is 19.2. The standard InChI is InChI=1S/C22H23ClN4O4S/c1-15-3-6-19-20(13-15)32-22(24-19)26(8-2-7-25-9-11-31-12-10-25)21(28)17-14-16(27(29)30)4-5-18(17)23/h3-6,13-14H,2,7-12H2,1H3. The van der Waals surface area contributed by atoms with Crippen molar-refractivity contribution < 1.29 is 14.5 Å². The molecule has 0 spiro atoms. The summed E-state index contributed by atoms with van der Waals surface area (Å²) in [7, 11) is 0. The number of nitro benzene ring substituents is 1. The molecule has 3 aromatic rings. The molecule has 0 atom stereocenters. The third-order valence-electron chi connectivity index (χ3n) is 5.36. The van der Waals surface area contributed by atoms with Crippen molar-refractivity contribution in [3.05, 3.63) is 62.7 Å². The van der Waals surface area contributed by atoms with Gasteiger partial charge in [0.2, 0.25) is 0 Å². The Morgan fingerprint density at radius 2 is 2.06 bits per heavy atom. The highest BCUT2D eigenvalue weighted by Gasteiger charge is 2.25. The molecule has 0 saturated carbocycles. The molecule has 10 heteroatoms. The number of carbonyl (C=O) groups is 1. The molecule has 0 unspecified atom stereocenters. The second-order valence-electron chi connectivity index (χ2n) is 7.65. The van der Waals surface area contributed by atoms with Crippen molar-refractivity contribution in [1.29, 1.82) is 0 Å². The first-order valence-electron chi connectivity index (χ1n) is 10.4. The fourth-order valence-corrected chi connectivity index (χ4v) is 4.92. The molecule has 2 aromatic carbocycles. The van der Waals surface area contributed by atoms with E-state index in [1.807, 2.05) is 25.1 Å². The zero-order chi connectivity index (χ0) is 22.7. The van der Waals surface area contributed by atoms with Crippen LogP contribution in [0.1, 0.15) is 22.3 Å². The van der Waals surface area contributed by atoms with Crippen molar-refractivity contribution in [2.45, 2.75) is 13.3 Å². The van der Waals surface area contributed by atoms with Crippen LogP contribution in [-0.2, 0) is 4.74 Å². The molecule has 0 aliphatic carbocycles. The Morgan fingerprint density at radius 3 is 2.81 bits per heavy atom. The smallest absolute Gasteiger partial charge is 0.270 e. The van der Waals surface area contributed by atoms with E-state index in [0.29, 0.717) is 24.9 Å². The van der Waals surface area contributed by atoms with E-state index in [0.717, 1.165) is 41.8 Å². The van der Waals surface area contributed by atoms with Gasteiger partial charge in [-0.1, -0.05) is 29.0 Å². The Hall–Kier alpha value is -2.59. The number of halogens is 1. The number of anilines is 1. The summed E-state index contributed by atoms with van der Waals surface area (Å²) in [6, 6.07) is 9.86. The quantitative estimate of drug-likeness (QED) is 0.369. The van der Waals surface area contributed by atoms with Gasteiger partial charge in [0, 0.05) is 38.3 Å². The van der Waals surface area contributed by atoms with Crippen LogP contribution in [0.3, 0.4) is 0 Å². The van der Waals surface area contributed by atoms with Crippen molar-refractivity contribution >= 4 is 49.9 Å². The number of hydrogen-bond donors (Lipinski definition) is 0. The number of hydrogen-bond acceptors (Lipinski definition) is 7. The largest absolute Gasteiger partial charge is 0.379 e. The number of amides is 1. The minimum atomic E-state index is -0.531. The number of ether oxygens (including phenoxy) is 1. The Kier molecular flexibility index (Phi) is 7.00. The molecule has 0 radical (unpaired) electrons. The first-order valence-corrected chi connectivity index (χ1v) is 11.5. The van der Waals surface area contributed by atoms with Crippen molar-refractivity contribution in [1.82, 2.24) is 9.88 Å². The van der Waals surface area contributed by atoms with Gasteiger partial charge >= 0.3 is 0 Å². The van der Waals surface area contributed by atoms with Crippen LogP contribution >= 0.6 is 22.9 Å². The first kappa shape index (κ1) is 22.6. The van der Waals surface area contributed by atoms with Crippen LogP contribution in [0.4, 0.5) is 10.8 Å². The summed E-state index contributed by atoms with van der Waals surface area (Å²) >= 11 is 7.70. The molecule has 4 rings (SSSR count). The fraction of sp³-hybridized carbons (Fsp3) is 0.364. The molecule has 0 bridgehead atoms. The third kappa shape index (κ3) is 5.07. The van der Waals surface area contributed by atoms with Gasteiger partial charge in [-0.25, -0.2) is 4.98 Å². The number of fused-ring (bicyclic) bond motifs is 1. The molecule has 1 saturated heterocycles. The summed E-state index contributed by atoms with van der Waals surface area (Å²) in [6.07, 6.45) is 0.729. The molecular weight excluding hydrogens is 452 g/mol. The van der Waals surface area contributed by atoms with E-state index >= 15 is 0 Å². The maximum Gasteiger partial charge on any atom is 0.270 e. The Bertz CT molecular complexity index is 1150. The molecule has 1 amide bonds.